The van der Waals surface area contributed by atoms with Crippen LogP contribution in [0.25, 0.3) is 0 Å². The van der Waals surface area contributed by atoms with Crippen LogP contribution in [0.2, 0.25) is 5.15 Å². The molecule has 1 aromatic heterocycles. The fraction of sp³-hybridized carbons (Fsp3) is 0. The number of hydrogen-bond donors (Lipinski definition) is 2. The lowest BCUT2D eigenvalue weighted by molar-refractivity contribution is 0.600. The van der Waals surface area contributed by atoms with Gasteiger partial charge in [-0.15, -0.1) is 10.2 Å². The predicted octanol–water partition coefficient (Wildman–Crippen LogP) is 1.38. The minimum atomic E-state index is -3.96. The fourth-order valence-corrected chi connectivity index (χ4v) is 2.67. The molecule has 0 saturated heterocycles. The van der Waals surface area contributed by atoms with Crippen molar-refractivity contribution in [3.8, 4) is 6.07 Å². The van der Waals surface area contributed by atoms with Crippen LogP contribution in [0.3, 0.4) is 0 Å². The van der Waals surface area contributed by atoms with Crippen molar-refractivity contribution in [1.82, 2.24) is 10.2 Å². The molecule has 102 valence electrons. The molecule has 0 amide bonds. The summed E-state index contributed by atoms with van der Waals surface area (Å²) in [5.41, 5.74) is 5.75. The molecular weight excluding hydrogens is 302 g/mol. The van der Waals surface area contributed by atoms with Gasteiger partial charge in [0.25, 0.3) is 10.0 Å². The molecule has 0 aliphatic carbocycles. The smallest absolute Gasteiger partial charge is 0.264 e. The lowest BCUT2D eigenvalue weighted by atomic mass is 10.2. The summed E-state index contributed by atoms with van der Waals surface area (Å²) in [6.45, 7) is 0. The highest BCUT2D eigenvalue weighted by Gasteiger charge is 2.19. The Hall–Kier alpha value is -2.37. The summed E-state index contributed by atoms with van der Waals surface area (Å²) in [4.78, 5) is -0.189. The van der Waals surface area contributed by atoms with E-state index in [0.717, 1.165) is 0 Å². The van der Waals surface area contributed by atoms with Crippen LogP contribution in [0.4, 0.5) is 11.5 Å². The molecule has 2 rings (SSSR count). The molecule has 0 fully saturated rings. The van der Waals surface area contributed by atoms with E-state index < -0.39 is 10.0 Å². The highest BCUT2D eigenvalue weighted by atomic mass is 35.5. The van der Waals surface area contributed by atoms with Crippen molar-refractivity contribution in [3.05, 3.63) is 41.0 Å². The number of nitrogen functional groups attached to an aromatic ring is 1. The van der Waals surface area contributed by atoms with E-state index in [9.17, 15) is 8.42 Å². The van der Waals surface area contributed by atoms with Crippen LogP contribution < -0.4 is 10.5 Å². The van der Waals surface area contributed by atoms with Crippen LogP contribution in [0.15, 0.2) is 35.2 Å². The van der Waals surface area contributed by atoms with Crippen LogP contribution in [-0.4, -0.2) is 18.6 Å². The van der Waals surface area contributed by atoms with Crippen LogP contribution in [0.5, 0.6) is 0 Å². The number of nitrogens with zero attached hydrogens (tertiary/aromatic N) is 3. The van der Waals surface area contributed by atoms with Gasteiger partial charge in [-0.2, -0.15) is 5.26 Å². The maximum absolute atomic E-state index is 12.2. The molecule has 7 nitrogen and oxygen atoms in total. The first kappa shape index (κ1) is 14.0. The molecule has 9 heteroatoms. The highest BCUT2D eigenvalue weighted by molar-refractivity contribution is 7.92. The van der Waals surface area contributed by atoms with Crippen LogP contribution in [0.1, 0.15) is 5.56 Å². The number of sulfonamides is 1. The van der Waals surface area contributed by atoms with E-state index in [1.165, 1.54) is 30.3 Å². The number of rotatable bonds is 3. The van der Waals surface area contributed by atoms with Crippen molar-refractivity contribution in [2.45, 2.75) is 4.90 Å². The molecule has 0 aliphatic rings. The first-order chi connectivity index (χ1) is 9.42. The summed E-state index contributed by atoms with van der Waals surface area (Å²) in [5.74, 6) is -0.00452. The Balaban J connectivity index is 2.41. The molecule has 0 spiro atoms. The monoisotopic (exact) mass is 309 g/mol. The quantitative estimate of drug-likeness (QED) is 0.826. The Morgan fingerprint density at radius 2 is 2.00 bits per heavy atom. The third kappa shape index (κ3) is 2.96. The van der Waals surface area contributed by atoms with Gasteiger partial charge < -0.3 is 5.73 Å². The Morgan fingerprint density at radius 3 is 2.60 bits per heavy atom. The van der Waals surface area contributed by atoms with Gasteiger partial charge in [-0.3, -0.25) is 4.72 Å². The molecule has 1 aromatic carbocycles. The first-order valence-electron chi connectivity index (χ1n) is 5.24. The SMILES string of the molecule is N#Cc1cc(N)ccc1S(=O)(=O)Nc1ccc(Cl)nn1. The van der Waals surface area contributed by atoms with Gasteiger partial charge in [0.1, 0.15) is 11.0 Å². The number of anilines is 2. The second-order valence-corrected chi connectivity index (χ2v) is 5.75. The molecule has 0 aliphatic heterocycles. The van der Waals surface area contributed by atoms with Gasteiger partial charge in [0.2, 0.25) is 0 Å². The van der Waals surface area contributed by atoms with Crippen LogP contribution >= 0.6 is 11.6 Å². The predicted molar refractivity (Wildman–Crippen MR) is 73.4 cm³/mol. The molecule has 0 saturated carbocycles. The zero-order chi connectivity index (χ0) is 14.8. The van der Waals surface area contributed by atoms with E-state index in [0.29, 0.717) is 5.69 Å². The van der Waals surface area contributed by atoms with Crippen molar-refractivity contribution in [2.75, 3.05) is 10.5 Å². The highest BCUT2D eigenvalue weighted by Crippen LogP contribution is 2.20. The van der Waals surface area contributed by atoms with Crippen molar-refractivity contribution < 1.29 is 8.42 Å². The van der Waals surface area contributed by atoms with Crippen molar-refractivity contribution in [1.29, 1.82) is 5.26 Å². The van der Waals surface area contributed by atoms with Gasteiger partial charge in [0.15, 0.2) is 11.0 Å². The third-order valence-corrected chi connectivity index (χ3v) is 3.90. The van der Waals surface area contributed by atoms with E-state index >= 15 is 0 Å². The fourth-order valence-electron chi connectivity index (χ4n) is 1.43. The summed E-state index contributed by atoms with van der Waals surface area (Å²) in [5, 5.41) is 16.2. The molecule has 20 heavy (non-hydrogen) atoms. The zero-order valence-corrected chi connectivity index (χ0v) is 11.5. The minimum absolute atomic E-state index is 0.00452. The van der Waals surface area contributed by atoms with E-state index in [1.54, 1.807) is 6.07 Å². The van der Waals surface area contributed by atoms with Gasteiger partial charge in [-0.05, 0) is 30.3 Å². The maximum atomic E-state index is 12.2. The van der Waals surface area contributed by atoms with E-state index in [2.05, 4.69) is 14.9 Å². The lowest BCUT2D eigenvalue weighted by Crippen LogP contribution is -2.15. The Kier molecular flexibility index (Phi) is 3.74. The number of halogens is 1. The topological polar surface area (TPSA) is 122 Å². The van der Waals surface area contributed by atoms with E-state index in [4.69, 9.17) is 22.6 Å². The molecule has 0 bridgehead atoms. The molecular formula is C11H8ClN5O2S. The average Bonchev–Trinajstić information content (AvgIpc) is 2.40. The second-order valence-electron chi connectivity index (χ2n) is 3.71. The molecule has 2 aromatic rings. The van der Waals surface area contributed by atoms with Crippen LogP contribution in [-0.2, 0) is 10.0 Å². The summed E-state index contributed by atoms with van der Waals surface area (Å²) in [6, 6.07) is 8.45. The molecule has 0 unspecified atom stereocenters. The average molecular weight is 310 g/mol. The molecule has 0 radical (unpaired) electrons. The molecule has 0 atom stereocenters. The second kappa shape index (κ2) is 5.32. The number of hydrogen-bond acceptors (Lipinski definition) is 6. The number of nitrogens with one attached hydrogen (secondary N) is 1. The van der Waals surface area contributed by atoms with Crippen molar-refractivity contribution in [3.63, 3.8) is 0 Å². The number of nitrogens with two attached hydrogens (primary N) is 1. The van der Waals surface area contributed by atoms with Gasteiger partial charge in [-0.1, -0.05) is 11.6 Å². The van der Waals surface area contributed by atoms with E-state index in [-0.39, 0.29) is 21.4 Å². The number of aromatic nitrogens is 2. The Bertz CT molecular complexity index is 783. The van der Waals surface area contributed by atoms with Gasteiger partial charge in [-0.25, -0.2) is 8.42 Å². The summed E-state index contributed by atoms with van der Waals surface area (Å²) in [7, 11) is -3.96. The maximum Gasteiger partial charge on any atom is 0.264 e. The van der Waals surface area contributed by atoms with Gasteiger partial charge >= 0.3 is 0 Å². The zero-order valence-electron chi connectivity index (χ0n) is 9.91. The summed E-state index contributed by atoms with van der Waals surface area (Å²) in [6.07, 6.45) is 0. The minimum Gasteiger partial charge on any atom is -0.399 e. The normalized spacial score (nSPS) is 10.8. The van der Waals surface area contributed by atoms with Crippen molar-refractivity contribution >= 4 is 33.1 Å². The Morgan fingerprint density at radius 1 is 1.25 bits per heavy atom. The number of benzene rings is 1. The summed E-state index contributed by atoms with van der Waals surface area (Å²) < 4.78 is 26.6. The first-order valence-corrected chi connectivity index (χ1v) is 7.10. The summed E-state index contributed by atoms with van der Waals surface area (Å²) >= 11 is 5.56. The van der Waals surface area contributed by atoms with Gasteiger partial charge in [0.05, 0.1) is 5.56 Å². The third-order valence-electron chi connectivity index (χ3n) is 2.28. The largest absolute Gasteiger partial charge is 0.399 e. The lowest BCUT2D eigenvalue weighted by Gasteiger charge is -2.08. The Labute approximate surface area is 120 Å². The van der Waals surface area contributed by atoms with Crippen molar-refractivity contribution in [2.24, 2.45) is 0 Å². The van der Waals surface area contributed by atoms with Gasteiger partial charge in [0, 0.05) is 5.69 Å². The van der Waals surface area contributed by atoms with Crippen LogP contribution in [0, 0.1) is 11.3 Å². The molecule has 1 heterocycles. The van der Waals surface area contributed by atoms with E-state index in [1.807, 2.05) is 0 Å². The molecule has 3 N–H and O–H groups in total. The number of nitriles is 1. The standard InChI is InChI=1S/C11H8ClN5O2S/c12-10-3-4-11(16-15-10)17-20(18,19)9-2-1-8(14)5-7(9)6-13/h1-5H,14H2,(H,16,17).